The number of sulfone groups is 1. The molecule has 0 aliphatic carbocycles. The molecule has 0 saturated heterocycles. The topological polar surface area (TPSA) is 66.4 Å². The van der Waals surface area contributed by atoms with E-state index in [-0.39, 0.29) is 30.2 Å². The molecule has 4 nitrogen and oxygen atoms in total. The van der Waals surface area contributed by atoms with Gasteiger partial charge in [-0.3, -0.25) is 0 Å². The van der Waals surface area contributed by atoms with E-state index in [9.17, 15) is 8.42 Å². The molecule has 86 valence electrons. The van der Waals surface area contributed by atoms with Crippen LogP contribution in [0.5, 0.6) is 0 Å². The van der Waals surface area contributed by atoms with E-state index >= 15 is 0 Å². The summed E-state index contributed by atoms with van der Waals surface area (Å²) >= 11 is 0. The minimum Gasteiger partial charge on any atom is -0.396 e. The van der Waals surface area contributed by atoms with Crippen LogP contribution < -0.4 is 5.32 Å². The third-order valence-corrected chi connectivity index (χ3v) is 3.96. The van der Waals surface area contributed by atoms with Crippen molar-refractivity contribution in [3.8, 4) is 0 Å². The lowest BCUT2D eigenvalue weighted by Gasteiger charge is -2.18. The first-order valence-electron chi connectivity index (χ1n) is 4.98. The summed E-state index contributed by atoms with van der Waals surface area (Å²) < 4.78 is 22.5. The number of hydrogen-bond acceptors (Lipinski definition) is 4. The molecule has 0 rings (SSSR count). The highest BCUT2D eigenvalue weighted by molar-refractivity contribution is 7.91. The molecule has 0 bridgehead atoms. The maximum absolute atomic E-state index is 11.3. The van der Waals surface area contributed by atoms with Crippen LogP contribution in [-0.2, 0) is 9.84 Å². The van der Waals surface area contributed by atoms with Gasteiger partial charge in [0.2, 0.25) is 0 Å². The van der Waals surface area contributed by atoms with E-state index in [1.807, 2.05) is 13.8 Å². The summed E-state index contributed by atoms with van der Waals surface area (Å²) in [6, 6.07) is 0.101. The normalized spacial score (nSPS) is 16.6. The Kier molecular flexibility index (Phi) is 6.31. The van der Waals surface area contributed by atoms with Crippen molar-refractivity contribution in [2.24, 2.45) is 0 Å². The van der Waals surface area contributed by atoms with Crippen LogP contribution in [0.15, 0.2) is 0 Å². The van der Waals surface area contributed by atoms with E-state index in [4.69, 9.17) is 5.11 Å². The number of hydrogen-bond donors (Lipinski definition) is 2. The summed E-state index contributed by atoms with van der Waals surface area (Å²) in [5, 5.41) is 11.8. The predicted molar refractivity (Wildman–Crippen MR) is 58.1 cm³/mol. The summed E-state index contributed by atoms with van der Waals surface area (Å²) in [5.41, 5.74) is 0. The van der Waals surface area contributed by atoms with Gasteiger partial charge in [0.25, 0.3) is 0 Å². The Morgan fingerprint density at radius 2 is 1.86 bits per heavy atom. The fourth-order valence-corrected chi connectivity index (χ4v) is 2.40. The first-order chi connectivity index (χ1) is 6.41. The Morgan fingerprint density at radius 1 is 1.29 bits per heavy atom. The van der Waals surface area contributed by atoms with Gasteiger partial charge in [0.1, 0.15) is 0 Å². The van der Waals surface area contributed by atoms with Gasteiger partial charge < -0.3 is 10.4 Å². The second-order valence-electron chi connectivity index (χ2n) is 3.68. The first-order valence-corrected chi connectivity index (χ1v) is 6.80. The zero-order valence-electron chi connectivity index (χ0n) is 9.16. The van der Waals surface area contributed by atoms with Gasteiger partial charge in [-0.15, -0.1) is 0 Å². The maximum Gasteiger partial charge on any atom is 0.151 e. The van der Waals surface area contributed by atoms with Gasteiger partial charge in [0.05, 0.1) is 5.75 Å². The monoisotopic (exact) mass is 223 g/mol. The predicted octanol–water partition coefficient (Wildman–Crippen LogP) is 0.170. The number of nitrogens with one attached hydrogen (secondary N) is 1. The molecule has 5 heteroatoms. The largest absolute Gasteiger partial charge is 0.396 e. The highest BCUT2D eigenvalue weighted by Crippen LogP contribution is 1.97. The third kappa shape index (κ3) is 6.34. The summed E-state index contributed by atoms with van der Waals surface area (Å²) in [7, 11) is -2.90. The fraction of sp³-hybridized carbons (Fsp3) is 1.00. The van der Waals surface area contributed by atoms with Crippen molar-refractivity contribution in [1.82, 2.24) is 5.32 Å². The second-order valence-corrected chi connectivity index (χ2v) is 6.08. The van der Waals surface area contributed by atoms with Gasteiger partial charge in [-0.05, 0) is 20.3 Å². The average Bonchev–Trinajstić information content (AvgIpc) is 2.03. The quantitative estimate of drug-likeness (QED) is 0.646. The maximum atomic E-state index is 11.3. The van der Waals surface area contributed by atoms with Crippen LogP contribution >= 0.6 is 0 Å². The molecule has 0 aromatic carbocycles. The van der Waals surface area contributed by atoms with Gasteiger partial charge in [-0.25, -0.2) is 8.42 Å². The van der Waals surface area contributed by atoms with Crippen LogP contribution in [0.25, 0.3) is 0 Å². The molecule has 0 radical (unpaired) electrons. The van der Waals surface area contributed by atoms with Gasteiger partial charge >= 0.3 is 0 Å². The Hall–Kier alpha value is -0.130. The summed E-state index contributed by atoms with van der Waals surface area (Å²) in [4.78, 5) is 0. The van der Waals surface area contributed by atoms with Gasteiger partial charge in [-0.1, -0.05) is 6.92 Å². The molecule has 1 unspecified atom stereocenters. The SMILES string of the molecule is CCS(=O)(=O)CC(C)N[C@H](C)CCO. The molecular weight excluding hydrogens is 202 g/mol. The molecule has 0 heterocycles. The molecule has 0 amide bonds. The number of aliphatic hydroxyl groups excluding tert-OH is 1. The standard InChI is InChI=1S/C9H21NO3S/c1-4-14(12,13)7-9(3)10-8(2)5-6-11/h8-11H,4-7H2,1-3H3/t8-,9?/m1/s1. The lowest BCUT2D eigenvalue weighted by Crippen LogP contribution is -2.39. The van der Waals surface area contributed by atoms with Crippen molar-refractivity contribution in [2.75, 3.05) is 18.1 Å². The van der Waals surface area contributed by atoms with Crippen molar-refractivity contribution in [2.45, 2.75) is 39.3 Å². The number of rotatable bonds is 7. The van der Waals surface area contributed by atoms with Crippen LogP contribution in [0.1, 0.15) is 27.2 Å². The summed E-state index contributed by atoms with van der Waals surface area (Å²) in [5.74, 6) is 0.354. The molecule has 14 heavy (non-hydrogen) atoms. The minimum absolute atomic E-state index is 0.0542. The van der Waals surface area contributed by atoms with Crippen molar-refractivity contribution >= 4 is 9.84 Å². The van der Waals surface area contributed by atoms with Crippen molar-refractivity contribution in [1.29, 1.82) is 0 Å². The zero-order valence-corrected chi connectivity index (χ0v) is 9.97. The van der Waals surface area contributed by atoms with E-state index < -0.39 is 9.84 Å². The van der Waals surface area contributed by atoms with E-state index in [2.05, 4.69) is 5.32 Å². The minimum atomic E-state index is -2.90. The van der Waals surface area contributed by atoms with Crippen LogP contribution in [0, 0.1) is 0 Å². The smallest absolute Gasteiger partial charge is 0.151 e. The molecule has 2 atom stereocenters. The Labute approximate surface area is 86.6 Å². The Bertz CT molecular complexity index is 238. The van der Waals surface area contributed by atoms with Gasteiger partial charge in [0, 0.05) is 24.4 Å². The van der Waals surface area contributed by atoms with E-state index in [0.717, 1.165) is 0 Å². The van der Waals surface area contributed by atoms with Crippen LogP contribution in [-0.4, -0.2) is 43.7 Å². The molecule has 0 aliphatic rings. The highest BCUT2D eigenvalue weighted by atomic mass is 32.2. The van der Waals surface area contributed by atoms with E-state index in [1.165, 1.54) is 0 Å². The van der Waals surface area contributed by atoms with Crippen molar-refractivity contribution < 1.29 is 13.5 Å². The molecule has 0 aliphatic heterocycles. The molecule has 0 fully saturated rings. The van der Waals surface area contributed by atoms with E-state index in [1.54, 1.807) is 6.92 Å². The lowest BCUT2D eigenvalue weighted by molar-refractivity contribution is 0.265. The molecular formula is C9H21NO3S. The second kappa shape index (κ2) is 6.37. The van der Waals surface area contributed by atoms with Crippen molar-refractivity contribution in [3.63, 3.8) is 0 Å². The van der Waals surface area contributed by atoms with Crippen LogP contribution in [0.3, 0.4) is 0 Å². The molecule has 0 aromatic rings. The molecule has 2 N–H and O–H groups in total. The summed E-state index contributed by atoms with van der Waals surface area (Å²) in [6.07, 6.45) is 0.649. The Morgan fingerprint density at radius 3 is 2.29 bits per heavy atom. The van der Waals surface area contributed by atoms with Gasteiger partial charge in [-0.2, -0.15) is 0 Å². The highest BCUT2D eigenvalue weighted by Gasteiger charge is 2.14. The first kappa shape index (κ1) is 13.9. The van der Waals surface area contributed by atoms with Crippen molar-refractivity contribution in [3.05, 3.63) is 0 Å². The average molecular weight is 223 g/mol. The number of aliphatic hydroxyl groups is 1. The zero-order chi connectivity index (χ0) is 11.2. The molecule has 0 saturated carbocycles. The Balaban J connectivity index is 3.92. The molecule has 0 aromatic heterocycles. The summed E-state index contributed by atoms with van der Waals surface area (Å²) in [6.45, 7) is 5.56. The lowest BCUT2D eigenvalue weighted by atomic mass is 10.2. The van der Waals surface area contributed by atoms with Crippen LogP contribution in [0.4, 0.5) is 0 Å². The van der Waals surface area contributed by atoms with E-state index in [0.29, 0.717) is 6.42 Å². The fourth-order valence-electron chi connectivity index (χ4n) is 1.31. The van der Waals surface area contributed by atoms with Gasteiger partial charge in [0.15, 0.2) is 9.84 Å². The molecule has 0 spiro atoms. The van der Waals surface area contributed by atoms with Crippen LogP contribution in [0.2, 0.25) is 0 Å². The third-order valence-electron chi connectivity index (χ3n) is 2.07.